The van der Waals surface area contributed by atoms with E-state index in [4.69, 9.17) is 11.6 Å². The van der Waals surface area contributed by atoms with Crippen LogP contribution in [0.2, 0.25) is 5.15 Å². The van der Waals surface area contributed by atoms with Gasteiger partial charge < -0.3 is 10.2 Å². The minimum absolute atomic E-state index is 0.459. The summed E-state index contributed by atoms with van der Waals surface area (Å²) in [6.07, 6.45) is 7.16. The lowest BCUT2D eigenvalue weighted by Gasteiger charge is -2.34. The molecule has 1 aliphatic rings. The number of aromatic nitrogens is 5. The van der Waals surface area contributed by atoms with Crippen molar-refractivity contribution in [2.75, 3.05) is 30.4 Å². The fourth-order valence-corrected chi connectivity index (χ4v) is 3.03. The molecule has 112 valence electrons. The fraction of sp³-hybridized carbons (Fsp3) is 0.538. The van der Waals surface area contributed by atoms with Gasteiger partial charge >= 0.3 is 0 Å². The van der Waals surface area contributed by atoms with E-state index in [0.717, 1.165) is 37.6 Å². The van der Waals surface area contributed by atoms with E-state index in [0.29, 0.717) is 11.1 Å². The Bertz CT molecular complexity index is 586. The molecule has 1 unspecified atom stereocenters. The van der Waals surface area contributed by atoms with E-state index in [9.17, 15) is 0 Å². The second-order valence-corrected chi connectivity index (χ2v) is 5.54. The molecule has 0 aliphatic carbocycles. The summed E-state index contributed by atoms with van der Waals surface area (Å²) in [6, 6.07) is 0. The standard InChI is InChI=1S/C13H18ClN7/c1-15-11-12(14)17-8-18-13(11)20-4-2-3-10(5-20)6-21-9-16-7-19-21/h7-10,15H,2-6H2,1H3. The van der Waals surface area contributed by atoms with Crippen LogP contribution in [0.1, 0.15) is 12.8 Å². The van der Waals surface area contributed by atoms with Gasteiger partial charge in [-0.25, -0.2) is 15.0 Å². The molecule has 0 radical (unpaired) electrons. The van der Waals surface area contributed by atoms with E-state index in [1.54, 1.807) is 12.7 Å². The first kappa shape index (κ1) is 14.1. The van der Waals surface area contributed by atoms with Crippen molar-refractivity contribution in [2.45, 2.75) is 19.4 Å². The molecule has 7 nitrogen and oxygen atoms in total. The third-order valence-corrected chi connectivity index (χ3v) is 4.05. The van der Waals surface area contributed by atoms with Gasteiger partial charge in [0.15, 0.2) is 11.0 Å². The highest BCUT2D eigenvalue weighted by Crippen LogP contribution is 2.31. The van der Waals surface area contributed by atoms with Gasteiger partial charge in [0.1, 0.15) is 24.7 Å². The number of piperidine rings is 1. The molecule has 21 heavy (non-hydrogen) atoms. The van der Waals surface area contributed by atoms with Gasteiger partial charge in [0.25, 0.3) is 0 Å². The normalized spacial score (nSPS) is 18.8. The van der Waals surface area contributed by atoms with Crippen LogP contribution < -0.4 is 10.2 Å². The van der Waals surface area contributed by atoms with E-state index in [-0.39, 0.29) is 0 Å². The van der Waals surface area contributed by atoms with Crippen molar-refractivity contribution >= 4 is 23.1 Å². The average molecular weight is 308 g/mol. The number of hydrogen-bond donors (Lipinski definition) is 1. The third-order valence-electron chi connectivity index (χ3n) is 3.76. The van der Waals surface area contributed by atoms with Crippen LogP contribution in [-0.4, -0.2) is 44.9 Å². The molecule has 8 heteroatoms. The summed E-state index contributed by atoms with van der Waals surface area (Å²) in [4.78, 5) is 14.7. The van der Waals surface area contributed by atoms with Crippen molar-refractivity contribution in [3.05, 3.63) is 24.1 Å². The number of anilines is 2. The molecule has 3 heterocycles. The molecule has 0 aromatic carbocycles. The van der Waals surface area contributed by atoms with Gasteiger partial charge in [0, 0.05) is 26.7 Å². The molecular formula is C13H18ClN7. The van der Waals surface area contributed by atoms with E-state index in [2.05, 4.69) is 30.3 Å². The van der Waals surface area contributed by atoms with Crippen LogP contribution in [0.4, 0.5) is 11.5 Å². The number of hydrogen-bond acceptors (Lipinski definition) is 6. The van der Waals surface area contributed by atoms with Gasteiger partial charge in [-0.1, -0.05) is 11.6 Å². The quantitative estimate of drug-likeness (QED) is 0.867. The average Bonchev–Trinajstić information content (AvgIpc) is 3.00. The minimum atomic E-state index is 0.459. The van der Waals surface area contributed by atoms with Crippen molar-refractivity contribution in [3.8, 4) is 0 Å². The van der Waals surface area contributed by atoms with Gasteiger partial charge in [-0.15, -0.1) is 0 Å². The second-order valence-electron chi connectivity index (χ2n) is 5.18. The minimum Gasteiger partial charge on any atom is -0.383 e. The van der Waals surface area contributed by atoms with E-state index in [1.807, 2.05) is 11.7 Å². The Morgan fingerprint density at radius 1 is 1.38 bits per heavy atom. The Morgan fingerprint density at radius 3 is 3.05 bits per heavy atom. The van der Waals surface area contributed by atoms with Gasteiger partial charge in [0.05, 0.1) is 0 Å². The Morgan fingerprint density at radius 2 is 2.29 bits per heavy atom. The summed E-state index contributed by atoms with van der Waals surface area (Å²) in [5.41, 5.74) is 0.792. The molecule has 0 amide bonds. The summed E-state index contributed by atoms with van der Waals surface area (Å²) < 4.78 is 1.89. The summed E-state index contributed by atoms with van der Waals surface area (Å²) in [6.45, 7) is 2.79. The van der Waals surface area contributed by atoms with Crippen LogP contribution in [0.5, 0.6) is 0 Å². The maximum Gasteiger partial charge on any atom is 0.157 e. The SMILES string of the molecule is CNc1c(Cl)ncnc1N1CCCC(Cn2cncn2)C1. The number of rotatable bonds is 4. The highest BCUT2D eigenvalue weighted by Gasteiger charge is 2.24. The van der Waals surface area contributed by atoms with Crippen LogP contribution in [0.15, 0.2) is 19.0 Å². The summed E-state index contributed by atoms with van der Waals surface area (Å²) in [5, 5.41) is 7.74. The highest BCUT2D eigenvalue weighted by atomic mass is 35.5. The highest BCUT2D eigenvalue weighted by molar-refractivity contribution is 6.32. The fourth-order valence-electron chi connectivity index (χ4n) is 2.81. The second kappa shape index (κ2) is 6.26. The molecule has 1 atom stereocenters. The predicted octanol–water partition coefficient (Wildman–Crippen LogP) is 1.68. The van der Waals surface area contributed by atoms with Gasteiger partial charge in [0.2, 0.25) is 0 Å². The molecule has 1 aliphatic heterocycles. The van der Waals surface area contributed by atoms with E-state index in [1.165, 1.54) is 12.7 Å². The van der Waals surface area contributed by atoms with Crippen LogP contribution in [0.25, 0.3) is 0 Å². The maximum atomic E-state index is 6.14. The first-order chi connectivity index (χ1) is 10.3. The lowest BCUT2D eigenvalue weighted by atomic mass is 9.98. The van der Waals surface area contributed by atoms with E-state index < -0.39 is 0 Å². The Balaban J connectivity index is 1.75. The predicted molar refractivity (Wildman–Crippen MR) is 81.5 cm³/mol. The van der Waals surface area contributed by atoms with Crippen LogP contribution >= 0.6 is 11.6 Å². The third kappa shape index (κ3) is 3.07. The molecule has 2 aromatic heterocycles. The van der Waals surface area contributed by atoms with Crippen molar-refractivity contribution in [3.63, 3.8) is 0 Å². The van der Waals surface area contributed by atoms with Gasteiger partial charge in [-0.05, 0) is 18.8 Å². The van der Waals surface area contributed by atoms with Crippen molar-refractivity contribution in [1.29, 1.82) is 0 Å². The molecule has 0 bridgehead atoms. The summed E-state index contributed by atoms with van der Waals surface area (Å²) in [5.74, 6) is 1.40. The van der Waals surface area contributed by atoms with Gasteiger partial charge in [-0.3, -0.25) is 4.68 Å². The van der Waals surface area contributed by atoms with Crippen molar-refractivity contribution in [2.24, 2.45) is 5.92 Å². The van der Waals surface area contributed by atoms with Crippen LogP contribution in [-0.2, 0) is 6.54 Å². The number of nitrogens with zero attached hydrogens (tertiary/aromatic N) is 6. The van der Waals surface area contributed by atoms with Crippen LogP contribution in [0, 0.1) is 5.92 Å². The zero-order valence-corrected chi connectivity index (χ0v) is 12.7. The topological polar surface area (TPSA) is 71.8 Å². The monoisotopic (exact) mass is 307 g/mol. The zero-order valence-electron chi connectivity index (χ0n) is 11.9. The molecule has 1 saturated heterocycles. The Kier molecular flexibility index (Phi) is 4.19. The van der Waals surface area contributed by atoms with Gasteiger partial charge in [-0.2, -0.15) is 5.10 Å². The molecule has 1 N–H and O–H groups in total. The van der Waals surface area contributed by atoms with Crippen molar-refractivity contribution in [1.82, 2.24) is 24.7 Å². The molecular weight excluding hydrogens is 290 g/mol. The molecule has 3 rings (SSSR count). The largest absolute Gasteiger partial charge is 0.383 e. The Labute approximate surface area is 128 Å². The number of nitrogens with one attached hydrogen (secondary N) is 1. The molecule has 1 fully saturated rings. The lowest BCUT2D eigenvalue weighted by molar-refractivity contribution is 0.350. The molecule has 0 spiro atoms. The summed E-state index contributed by atoms with van der Waals surface area (Å²) in [7, 11) is 1.84. The van der Waals surface area contributed by atoms with Crippen LogP contribution in [0.3, 0.4) is 0 Å². The van der Waals surface area contributed by atoms with Crippen molar-refractivity contribution < 1.29 is 0 Å². The number of halogens is 1. The lowest BCUT2D eigenvalue weighted by Crippen LogP contribution is -2.38. The van der Waals surface area contributed by atoms with E-state index >= 15 is 0 Å². The Hall–Kier alpha value is -1.89. The maximum absolute atomic E-state index is 6.14. The summed E-state index contributed by atoms with van der Waals surface area (Å²) >= 11 is 6.14. The first-order valence-corrected chi connectivity index (χ1v) is 7.41. The zero-order chi connectivity index (χ0) is 14.7. The smallest absolute Gasteiger partial charge is 0.157 e. The molecule has 0 saturated carbocycles. The first-order valence-electron chi connectivity index (χ1n) is 7.03. The molecule has 2 aromatic rings.